The lowest BCUT2D eigenvalue weighted by Crippen LogP contribution is -2.43. The summed E-state index contributed by atoms with van der Waals surface area (Å²) in [5.41, 5.74) is 5.73. The van der Waals surface area contributed by atoms with E-state index in [2.05, 4.69) is 5.32 Å². The minimum absolute atomic E-state index is 0.0618. The van der Waals surface area contributed by atoms with E-state index in [1.807, 2.05) is 24.3 Å². The van der Waals surface area contributed by atoms with Gasteiger partial charge in [-0.3, -0.25) is 4.79 Å². The van der Waals surface area contributed by atoms with E-state index < -0.39 is 0 Å². The average Bonchev–Trinajstić information content (AvgIpc) is 3.01. The summed E-state index contributed by atoms with van der Waals surface area (Å²) in [4.78, 5) is 12.2. The molecular weight excluding hydrogens is 268 g/mol. The molecule has 1 aromatic carbocycles. The van der Waals surface area contributed by atoms with Crippen molar-refractivity contribution in [3.8, 4) is 11.5 Å². The third-order valence-corrected chi connectivity index (χ3v) is 4.37. The zero-order valence-electron chi connectivity index (χ0n) is 12.1. The van der Waals surface area contributed by atoms with Crippen LogP contribution in [0.2, 0.25) is 0 Å². The summed E-state index contributed by atoms with van der Waals surface area (Å²) in [6.07, 6.45) is 2.96. The topological polar surface area (TPSA) is 73.6 Å². The Bertz CT molecular complexity index is 506. The van der Waals surface area contributed by atoms with Crippen LogP contribution < -0.4 is 20.5 Å². The third kappa shape index (κ3) is 3.13. The Hall–Kier alpha value is -1.75. The highest BCUT2D eigenvalue weighted by Crippen LogP contribution is 2.32. The maximum absolute atomic E-state index is 12.2. The van der Waals surface area contributed by atoms with Gasteiger partial charge in [-0.2, -0.15) is 0 Å². The van der Waals surface area contributed by atoms with E-state index >= 15 is 0 Å². The lowest BCUT2D eigenvalue weighted by molar-refractivity contribution is -0.126. The average molecular weight is 290 g/mol. The second kappa shape index (κ2) is 6.35. The highest BCUT2D eigenvalue weighted by Gasteiger charge is 2.32. The van der Waals surface area contributed by atoms with Crippen molar-refractivity contribution in [3.63, 3.8) is 0 Å². The summed E-state index contributed by atoms with van der Waals surface area (Å²) in [6.45, 7) is 1.53. The number of amides is 1. The van der Waals surface area contributed by atoms with Crippen LogP contribution in [0.1, 0.15) is 19.3 Å². The van der Waals surface area contributed by atoms with Crippen molar-refractivity contribution >= 4 is 5.91 Å². The van der Waals surface area contributed by atoms with E-state index in [4.69, 9.17) is 15.2 Å². The van der Waals surface area contributed by atoms with Gasteiger partial charge in [-0.25, -0.2) is 0 Å². The van der Waals surface area contributed by atoms with E-state index in [9.17, 15) is 4.79 Å². The number of nitrogens with one attached hydrogen (secondary N) is 1. The maximum Gasteiger partial charge on any atom is 0.223 e. The number of ether oxygens (including phenoxy) is 2. The molecule has 3 atom stereocenters. The number of nitrogens with two attached hydrogens (primary N) is 1. The van der Waals surface area contributed by atoms with Gasteiger partial charge in [-0.05, 0) is 37.4 Å². The molecule has 2 aliphatic rings. The van der Waals surface area contributed by atoms with E-state index in [1.165, 1.54) is 0 Å². The van der Waals surface area contributed by atoms with E-state index in [0.29, 0.717) is 25.6 Å². The number of hydrogen-bond donors (Lipinski definition) is 2. The molecule has 1 aliphatic carbocycles. The number of carbonyl (C=O) groups excluding carboxylic acids is 1. The van der Waals surface area contributed by atoms with Crippen LogP contribution >= 0.6 is 0 Å². The van der Waals surface area contributed by atoms with Gasteiger partial charge in [0.2, 0.25) is 5.91 Å². The SMILES string of the molecule is NC[C@H]1CCC[C@H]1C(=O)NCC1COc2ccccc2O1. The molecule has 0 spiro atoms. The molecule has 0 bridgehead atoms. The van der Waals surface area contributed by atoms with Gasteiger partial charge in [-0.1, -0.05) is 18.6 Å². The molecule has 5 nitrogen and oxygen atoms in total. The van der Waals surface area contributed by atoms with Crippen LogP contribution in [0.25, 0.3) is 0 Å². The molecule has 1 unspecified atom stereocenters. The van der Waals surface area contributed by atoms with Gasteiger partial charge in [-0.15, -0.1) is 0 Å². The summed E-state index contributed by atoms with van der Waals surface area (Å²) in [5, 5.41) is 2.99. The molecule has 3 rings (SSSR count). The van der Waals surface area contributed by atoms with Crippen LogP contribution in [0.3, 0.4) is 0 Å². The standard InChI is InChI=1S/C16H22N2O3/c17-8-11-4-3-5-13(11)16(19)18-9-12-10-20-14-6-1-2-7-15(14)21-12/h1-2,6-7,11-13H,3-5,8-10,17H2,(H,18,19)/t11-,12?,13-/m1/s1. The molecule has 114 valence electrons. The Kier molecular flexibility index (Phi) is 4.29. The summed E-state index contributed by atoms with van der Waals surface area (Å²) in [7, 11) is 0. The van der Waals surface area contributed by atoms with Crippen molar-refractivity contribution in [2.45, 2.75) is 25.4 Å². The van der Waals surface area contributed by atoms with Gasteiger partial charge in [0.25, 0.3) is 0 Å². The Balaban J connectivity index is 1.51. The van der Waals surface area contributed by atoms with Crippen molar-refractivity contribution in [2.75, 3.05) is 19.7 Å². The molecule has 0 radical (unpaired) electrons. The van der Waals surface area contributed by atoms with Gasteiger partial charge in [0.05, 0.1) is 6.54 Å². The van der Waals surface area contributed by atoms with Crippen molar-refractivity contribution in [3.05, 3.63) is 24.3 Å². The lowest BCUT2D eigenvalue weighted by Gasteiger charge is -2.27. The van der Waals surface area contributed by atoms with E-state index in [1.54, 1.807) is 0 Å². The number of fused-ring (bicyclic) bond motifs is 1. The van der Waals surface area contributed by atoms with Crippen LogP contribution in [0.5, 0.6) is 11.5 Å². The number of benzene rings is 1. The van der Waals surface area contributed by atoms with Crippen molar-refractivity contribution in [2.24, 2.45) is 17.6 Å². The molecule has 5 heteroatoms. The van der Waals surface area contributed by atoms with Gasteiger partial charge in [0, 0.05) is 5.92 Å². The van der Waals surface area contributed by atoms with E-state index in [0.717, 1.165) is 30.8 Å². The van der Waals surface area contributed by atoms with Gasteiger partial charge < -0.3 is 20.5 Å². The minimum Gasteiger partial charge on any atom is -0.486 e. The highest BCUT2D eigenvalue weighted by atomic mass is 16.6. The van der Waals surface area contributed by atoms with Crippen LogP contribution in [0, 0.1) is 11.8 Å². The Labute approximate surface area is 124 Å². The molecule has 1 saturated carbocycles. The van der Waals surface area contributed by atoms with Crippen LogP contribution in [-0.4, -0.2) is 31.7 Å². The monoisotopic (exact) mass is 290 g/mol. The van der Waals surface area contributed by atoms with E-state index in [-0.39, 0.29) is 17.9 Å². The Morgan fingerprint density at radius 3 is 2.90 bits per heavy atom. The molecule has 1 amide bonds. The zero-order valence-corrected chi connectivity index (χ0v) is 12.1. The molecule has 1 heterocycles. The largest absolute Gasteiger partial charge is 0.486 e. The van der Waals surface area contributed by atoms with Gasteiger partial charge >= 0.3 is 0 Å². The lowest BCUT2D eigenvalue weighted by atomic mass is 9.95. The molecule has 3 N–H and O–H groups in total. The quantitative estimate of drug-likeness (QED) is 0.877. The first kappa shape index (κ1) is 14.2. The fourth-order valence-electron chi connectivity index (χ4n) is 3.17. The molecule has 0 saturated heterocycles. The van der Waals surface area contributed by atoms with Crippen molar-refractivity contribution < 1.29 is 14.3 Å². The van der Waals surface area contributed by atoms with Crippen LogP contribution in [0.15, 0.2) is 24.3 Å². The maximum atomic E-state index is 12.2. The summed E-state index contributed by atoms with van der Waals surface area (Å²) in [6, 6.07) is 7.59. The fourth-order valence-corrected chi connectivity index (χ4v) is 3.17. The molecule has 0 aromatic heterocycles. The fraction of sp³-hybridized carbons (Fsp3) is 0.562. The van der Waals surface area contributed by atoms with Gasteiger partial charge in [0.1, 0.15) is 12.7 Å². The zero-order chi connectivity index (χ0) is 14.7. The summed E-state index contributed by atoms with van der Waals surface area (Å²) >= 11 is 0. The number of hydrogen-bond acceptors (Lipinski definition) is 4. The van der Waals surface area contributed by atoms with Crippen LogP contribution in [-0.2, 0) is 4.79 Å². The highest BCUT2D eigenvalue weighted by molar-refractivity contribution is 5.79. The van der Waals surface area contributed by atoms with Gasteiger partial charge in [0.15, 0.2) is 11.5 Å². The molecule has 1 aliphatic heterocycles. The van der Waals surface area contributed by atoms with Crippen molar-refractivity contribution in [1.82, 2.24) is 5.32 Å². The Morgan fingerprint density at radius 2 is 2.10 bits per heavy atom. The molecular formula is C16H22N2O3. The second-order valence-corrected chi connectivity index (χ2v) is 5.78. The molecule has 1 aromatic rings. The smallest absolute Gasteiger partial charge is 0.223 e. The predicted molar refractivity (Wildman–Crippen MR) is 79.2 cm³/mol. The van der Waals surface area contributed by atoms with Crippen LogP contribution in [0.4, 0.5) is 0 Å². The minimum atomic E-state index is -0.137. The molecule has 1 fully saturated rings. The third-order valence-electron chi connectivity index (χ3n) is 4.37. The van der Waals surface area contributed by atoms with Crippen molar-refractivity contribution in [1.29, 1.82) is 0 Å². The predicted octanol–water partition coefficient (Wildman–Crippen LogP) is 1.32. The Morgan fingerprint density at radius 1 is 1.29 bits per heavy atom. The number of carbonyl (C=O) groups is 1. The first-order chi connectivity index (χ1) is 10.3. The normalized spacial score (nSPS) is 27.4. The number of para-hydroxylation sites is 2. The first-order valence-corrected chi connectivity index (χ1v) is 7.64. The second-order valence-electron chi connectivity index (χ2n) is 5.78. The number of rotatable bonds is 4. The summed E-state index contributed by atoms with van der Waals surface area (Å²) in [5.74, 6) is 1.99. The summed E-state index contributed by atoms with van der Waals surface area (Å²) < 4.78 is 11.5. The molecule has 21 heavy (non-hydrogen) atoms. The first-order valence-electron chi connectivity index (χ1n) is 7.64.